The summed E-state index contributed by atoms with van der Waals surface area (Å²) >= 11 is 0. The predicted octanol–water partition coefficient (Wildman–Crippen LogP) is -0.813. The molecule has 1 rings (SSSR count). The zero-order chi connectivity index (χ0) is 8.27. The van der Waals surface area contributed by atoms with E-state index in [1.54, 1.807) is 6.07 Å². The van der Waals surface area contributed by atoms with Gasteiger partial charge in [0.25, 0.3) is 0 Å². The van der Waals surface area contributed by atoms with E-state index >= 15 is 0 Å². The van der Waals surface area contributed by atoms with Gasteiger partial charge < -0.3 is 14.9 Å². The van der Waals surface area contributed by atoms with Gasteiger partial charge in [0.15, 0.2) is 0 Å². The van der Waals surface area contributed by atoms with Crippen LogP contribution in [0.1, 0.15) is 0 Å². The summed E-state index contributed by atoms with van der Waals surface area (Å²) in [5.41, 5.74) is 0. The lowest BCUT2D eigenvalue weighted by atomic mass is 10.1. The van der Waals surface area contributed by atoms with Crippen molar-refractivity contribution >= 4 is 0 Å². The van der Waals surface area contributed by atoms with Gasteiger partial charge in [-0.15, -0.1) is 0 Å². The van der Waals surface area contributed by atoms with E-state index in [0.717, 1.165) is 0 Å². The van der Waals surface area contributed by atoms with Crippen molar-refractivity contribution < 1.29 is 14.9 Å². The molecule has 0 unspecified atom stereocenters. The molecule has 1 aliphatic rings. The summed E-state index contributed by atoms with van der Waals surface area (Å²) in [7, 11) is 0. The summed E-state index contributed by atoms with van der Waals surface area (Å²) in [6.07, 6.45) is 0.389. The van der Waals surface area contributed by atoms with Crippen LogP contribution in [0.15, 0.2) is 12.2 Å². The Hall–Kier alpha value is -0.890. The van der Waals surface area contributed by atoms with Crippen LogP contribution in [0, 0.1) is 11.3 Å². The van der Waals surface area contributed by atoms with Crippen LogP contribution in [-0.4, -0.2) is 35.1 Å². The third-order valence-electron chi connectivity index (χ3n) is 1.55. The lowest BCUT2D eigenvalue weighted by molar-refractivity contribution is 0.0420. The first-order valence-corrected chi connectivity index (χ1v) is 3.29. The molecule has 0 radical (unpaired) electrons. The van der Waals surface area contributed by atoms with Crippen molar-refractivity contribution in [2.45, 2.75) is 18.3 Å². The Labute approximate surface area is 64.3 Å². The van der Waals surface area contributed by atoms with E-state index in [1.165, 1.54) is 12.2 Å². The Balaban J connectivity index is 2.50. The maximum Gasteiger partial charge on any atom is 0.112 e. The standard InChI is InChI=1S/C7H9NO3/c8-3-1-2-6-7(10)5(9)4-11-6/h1-2,5-7,9-10H,4H2/b2-1+/t5-,6+,7-/m1/s1. The minimum atomic E-state index is -0.903. The SMILES string of the molecule is N#C/C=C/[C@@H]1OC[C@@H](O)[C@H]1O. The molecule has 0 aromatic heterocycles. The quantitative estimate of drug-likeness (QED) is 0.485. The van der Waals surface area contributed by atoms with Gasteiger partial charge in [-0.1, -0.05) is 0 Å². The molecule has 1 heterocycles. The Bertz CT molecular complexity index is 196. The van der Waals surface area contributed by atoms with Gasteiger partial charge in [-0.25, -0.2) is 0 Å². The number of hydrogen-bond acceptors (Lipinski definition) is 4. The number of allylic oxidation sites excluding steroid dienone is 1. The molecule has 0 saturated carbocycles. The molecule has 0 amide bonds. The predicted molar refractivity (Wildman–Crippen MR) is 36.5 cm³/mol. The lowest BCUT2D eigenvalue weighted by Crippen LogP contribution is -2.28. The van der Waals surface area contributed by atoms with Crippen LogP contribution < -0.4 is 0 Å². The third-order valence-corrected chi connectivity index (χ3v) is 1.55. The van der Waals surface area contributed by atoms with Crippen LogP contribution in [0.25, 0.3) is 0 Å². The molecule has 0 spiro atoms. The lowest BCUT2D eigenvalue weighted by Gasteiger charge is -2.08. The molecule has 11 heavy (non-hydrogen) atoms. The van der Waals surface area contributed by atoms with Crippen LogP contribution in [-0.2, 0) is 4.74 Å². The van der Waals surface area contributed by atoms with Gasteiger partial charge in [0.05, 0.1) is 12.7 Å². The van der Waals surface area contributed by atoms with E-state index in [2.05, 4.69) is 0 Å². The summed E-state index contributed by atoms with van der Waals surface area (Å²) in [5.74, 6) is 0. The Kier molecular flexibility index (Phi) is 2.60. The highest BCUT2D eigenvalue weighted by molar-refractivity contribution is 5.08. The first-order valence-electron chi connectivity index (χ1n) is 3.29. The van der Waals surface area contributed by atoms with E-state index < -0.39 is 18.3 Å². The summed E-state index contributed by atoms with van der Waals surface area (Å²) in [5, 5.41) is 26.3. The van der Waals surface area contributed by atoms with Crippen LogP contribution >= 0.6 is 0 Å². The first kappa shape index (κ1) is 8.21. The number of rotatable bonds is 1. The number of ether oxygens (including phenoxy) is 1. The number of nitrogens with zero attached hydrogens (tertiary/aromatic N) is 1. The number of aliphatic hydroxyl groups is 2. The summed E-state index contributed by atoms with van der Waals surface area (Å²) in [6.45, 7) is 0.127. The summed E-state index contributed by atoms with van der Waals surface area (Å²) in [4.78, 5) is 0. The second-order valence-electron chi connectivity index (χ2n) is 2.34. The molecular formula is C7H9NO3. The highest BCUT2D eigenvalue weighted by Crippen LogP contribution is 2.14. The van der Waals surface area contributed by atoms with E-state index in [0.29, 0.717) is 0 Å². The Morgan fingerprint density at radius 3 is 2.73 bits per heavy atom. The molecule has 0 aliphatic carbocycles. The zero-order valence-corrected chi connectivity index (χ0v) is 5.84. The van der Waals surface area contributed by atoms with Crippen molar-refractivity contribution in [2.24, 2.45) is 0 Å². The van der Waals surface area contributed by atoms with Crippen LogP contribution in [0.5, 0.6) is 0 Å². The van der Waals surface area contributed by atoms with Crippen LogP contribution in [0.4, 0.5) is 0 Å². The van der Waals surface area contributed by atoms with Crippen LogP contribution in [0.2, 0.25) is 0 Å². The average Bonchev–Trinajstić information content (AvgIpc) is 2.31. The maximum atomic E-state index is 9.15. The van der Waals surface area contributed by atoms with Crippen molar-refractivity contribution in [3.63, 3.8) is 0 Å². The highest BCUT2D eigenvalue weighted by atomic mass is 16.5. The maximum absolute atomic E-state index is 9.15. The number of aliphatic hydroxyl groups excluding tert-OH is 2. The average molecular weight is 155 g/mol. The minimum absolute atomic E-state index is 0.127. The molecule has 4 heteroatoms. The van der Waals surface area contributed by atoms with Crippen molar-refractivity contribution in [2.75, 3.05) is 6.61 Å². The normalized spacial score (nSPS) is 37.7. The fourth-order valence-corrected chi connectivity index (χ4v) is 0.933. The van der Waals surface area contributed by atoms with Crippen molar-refractivity contribution in [3.8, 4) is 6.07 Å². The van der Waals surface area contributed by atoms with Gasteiger partial charge in [0.1, 0.15) is 18.3 Å². The summed E-state index contributed by atoms with van der Waals surface area (Å²) in [6, 6.07) is 1.78. The molecule has 1 fully saturated rings. The molecule has 4 nitrogen and oxygen atoms in total. The molecule has 0 bridgehead atoms. The molecule has 0 aromatic rings. The number of hydrogen-bond donors (Lipinski definition) is 2. The van der Waals surface area contributed by atoms with Crippen LogP contribution in [0.3, 0.4) is 0 Å². The van der Waals surface area contributed by atoms with E-state index in [9.17, 15) is 0 Å². The second kappa shape index (κ2) is 3.49. The first-order chi connectivity index (χ1) is 5.25. The van der Waals surface area contributed by atoms with Gasteiger partial charge in [0.2, 0.25) is 0 Å². The van der Waals surface area contributed by atoms with E-state index in [-0.39, 0.29) is 6.61 Å². The fraction of sp³-hybridized carbons (Fsp3) is 0.571. The van der Waals surface area contributed by atoms with E-state index in [4.69, 9.17) is 20.2 Å². The molecule has 2 N–H and O–H groups in total. The Morgan fingerprint density at radius 2 is 2.27 bits per heavy atom. The third kappa shape index (κ3) is 1.77. The Morgan fingerprint density at radius 1 is 1.55 bits per heavy atom. The summed E-state index contributed by atoms with van der Waals surface area (Å²) < 4.78 is 4.94. The number of nitriles is 1. The van der Waals surface area contributed by atoms with Gasteiger partial charge in [-0.2, -0.15) is 5.26 Å². The molecule has 3 atom stereocenters. The zero-order valence-electron chi connectivity index (χ0n) is 5.84. The molecule has 0 aromatic carbocycles. The monoisotopic (exact) mass is 155 g/mol. The highest BCUT2D eigenvalue weighted by Gasteiger charge is 2.32. The van der Waals surface area contributed by atoms with Gasteiger partial charge in [0, 0.05) is 6.08 Å². The van der Waals surface area contributed by atoms with Crippen molar-refractivity contribution in [3.05, 3.63) is 12.2 Å². The molecule has 1 aliphatic heterocycles. The second-order valence-corrected chi connectivity index (χ2v) is 2.34. The molecule has 1 saturated heterocycles. The van der Waals surface area contributed by atoms with Gasteiger partial charge >= 0.3 is 0 Å². The van der Waals surface area contributed by atoms with Gasteiger partial charge in [-0.05, 0) is 6.08 Å². The largest absolute Gasteiger partial charge is 0.388 e. The topological polar surface area (TPSA) is 73.5 Å². The van der Waals surface area contributed by atoms with Gasteiger partial charge in [-0.3, -0.25) is 0 Å². The minimum Gasteiger partial charge on any atom is -0.388 e. The molecular weight excluding hydrogens is 146 g/mol. The van der Waals surface area contributed by atoms with Crippen molar-refractivity contribution in [1.29, 1.82) is 5.26 Å². The molecule has 60 valence electrons. The fourth-order valence-electron chi connectivity index (χ4n) is 0.933. The smallest absolute Gasteiger partial charge is 0.112 e. The van der Waals surface area contributed by atoms with E-state index in [1.807, 2.05) is 0 Å². The van der Waals surface area contributed by atoms with Crippen molar-refractivity contribution in [1.82, 2.24) is 0 Å².